The van der Waals surface area contributed by atoms with Crippen LogP contribution >= 0.6 is 27.5 Å². The molecular weight excluding hydrogens is 293 g/mol. The predicted octanol–water partition coefficient (Wildman–Crippen LogP) is 3.64. The van der Waals surface area contributed by atoms with E-state index in [2.05, 4.69) is 15.9 Å². The minimum Gasteiger partial charge on any atom is -0.456 e. The number of hydrogen-bond donors (Lipinski definition) is 1. The van der Waals surface area contributed by atoms with Gasteiger partial charge in [-0.05, 0) is 48.8 Å². The third kappa shape index (κ3) is 3.12. The Kier molecular flexibility index (Phi) is 3.86. The van der Waals surface area contributed by atoms with Crippen molar-refractivity contribution in [1.82, 2.24) is 0 Å². The van der Waals surface area contributed by atoms with Crippen LogP contribution in [0.5, 0.6) is 0 Å². The van der Waals surface area contributed by atoms with Gasteiger partial charge in [0, 0.05) is 4.47 Å². The van der Waals surface area contributed by atoms with Gasteiger partial charge in [0.05, 0.1) is 10.7 Å². The van der Waals surface area contributed by atoms with E-state index in [9.17, 15) is 4.79 Å². The van der Waals surface area contributed by atoms with E-state index in [1.54, 1.807) is 32.9 Å². The van der Waals surface area contributed by atoms with Crippen LogP contribution in [0.1, 0.15) is 31.1 Å². The van der Waals surface area contributed by atoms with Gasteiger partial charge in [-0.2, -0.15) is 0 Å². The monoisotopic (exact) mass is 305 g/mol. The summed E-state index contributed by atoms with van der Waals surface area (Å²) in [7, 11) is 0. The first kappa shape index (κ1) is 13.3. The fourth-order valence-corrected chi connectivity index (χ4v) is 1.68. The lowest BCUT2D eigenvalue weighted by molar-refractivity contribution is 0.00710. The molecule has 1 aromatic carbocycles. The van der Waals surface area contributed by atoms with Crippen molar-refractivity contribution in [2.75, 3.05) is 5.73 Å². The molecule has 3 nitrogen and oxygen atoms in total. The molecule has 0 aromatic heterocycles. The normalized spacial score (nSPS) is 11.3. The Morgan fingerprint density at radius 3 is 2.50 bits per heavy atom. The summed E-state index contributed by atoms with van der Waals surface area (Å²) in [5, 5.41) is 0.287. The van der Waals surface area contributed by atoms with Gasteiger partial charge in [0.1, 0.15) is 11.2 Å². The van der Waals surface area contributed by atoms with Crippen molar-refractivity contribution >= 4 is 39.2 Å². The van der Waals surface area contributed by atoms with Crippen LogP contribution < -0.4 is 5.73 Å². The predicted molar refractivity (Wildman–Crippen MR) is 68.7 cm³/mol. The van der Waals surface area contributed by atoms with Gasteiger partial charge in [-0.3, -0.25) is 0 Å². The number of esters is 1. The Hall–Kier alpha value is -0.740. The third-order valence-corrected chi connectivity index (χ3v) is 2.75. The highest BCUT2D eigenvalue weighted by molar-refractivity contribution is 9.10. The molecule has 16 heavy (non-hydrogen) atoms. The van der Waals surface area contributed by atoms with Crippen molar-refractivity contribution in [2.45, 2.75) is 26.4 Å². The highest BCUT2D eigenvalue weighted by Gasteiger charge is 2.23. The van der Waals surface area contributed by atoms with Gasteiger partial charge in [-0.1, -0.05) is 11.6 Å². The summed E-state index contributed by atoms with van der Waals surface area (Å²) in [5.41, 5.74) is 5.69. The number of anilines is 1. The first-order valence-corrected chi connectivity index (χ1v) is 5.86. The van der Waals surface area contributed by atoms with Crippen LogP contribution in [-0.4, -0.2) is 11.6 Å². The van der Waals surface area contributed by atoms with Gasteiger partial charge >= 0.3 is 5.97 Å². The summed E-state index contributed by atoms with van der Waals surface area (Å²) in [5.74, 6) is -0.517. The molecule has 0 fully saturated rings. The zero-order chi connectivity index (χ0) is 12.5. The standard InChI is InChI=1S/C11H13BrClNO2/c1-11(2,3)16-10(15)8-7(13)5-4-6(12)9(8)14/h4-5H,14H2,1-3H3. The van der Waals surface area contributed by atoms with Crippen LogP contribution in [-0.2, 0) is 4.74 Å². The number of nitrogens with two attached hydrogens (primary N) is 1. The van der Waals surface area contributed by atoms with Gasteiger partial charge in [-0.15, -0.1) is 0 Å². The summed E-state index contributed by atoms with van der Waals surface area (Å²) < 4.78 is 5.84. The second-order valence-corrected chi connectivity index (χ2v) is 5.58. The molecule has 0 heterocycles. The van der Waals surface area contributed by atoms with E-state index >= 15 is 0 Å². The summed E-state index contributed by atoms with van der Waals surface area (Å²) in [4.78, 5) is 11.8. The Labute approximate surface area is 108 Å². The second-order valence-electron chi connectivity index (χ2n) is 4.32. The summed E-state index contributed by atoms with van der Waals surface area (Å²) in [6, 6.07) is 3.28. The van der Waals surface area contributed by atoms with Crippen LogP contribution in [0.3, 0.4) is 0 Å². The number of hydrogen-bond acceptors (Lipinski definition) is 3. The van der Waals surface area contributed by atoms with Crippen LogP contribution in [0.25, 0.3) is 0 Å². The third-order valence-electron chi connectivity index (χ3n) is 1.74. The van der Waals surface area contributed by atoms with Gasteiger partial charge in [0.15, 0.2) is 0 Å². The maximum atomic E-state index is 11.8. The average molecular weight is 307 g/mol. The zero-order valence-corrected chi connectivity index (χ0v) is 11.6. The maximum Gasteiger partial charge on any atom is 0.342 e. The van der Waals surface area contributed by atoms with Gasteiger partial charge in [0.2, 0.25) is 0 Å². The smallest absolute Gasteiger partial charge is 0.342 e. The lowest BCUT2D eigenvalue weighted by atomic mass is 10.1. The zero-order valence-electron chi connectivity index (χ0n) is 9.30. The van der Waals surface area contributed by atoms with E-state index in [0.717, 1.165) is 0 Å². The second kappa shape index (κ2) is 4.63. The molecule has 0 aliphatic heterocycles. The van der Waals surface area contributed by atoms with Crippen molar-refractivity contribution in [3.63, 3.8) is 0 Å². The Balaban J connectivity index is 3.14. The molecular formula is C11H13BrClNO2. The number of carbonyl (C=O) groups excluding carboxylic acids is 1. The van der Waals surface area contributed by atoms with Crippen molar-refractivity contribution in [2.24, 2.45) is 0 Å². The molecule has 0 amide bonds. The molecule has 5 heteroatoms. The Morgan fingerprint density at radius 2 is 2.00 bits per heavy atom. The summed E-state index contributed by atoms with van der Waals surface area (Å²) in [6.45, 7) is 5.35. The number of halogens is 2. The SMILES string of the molecule is CC(C)(C)OC(=O)c1c(Cl)ccc(Br)c1N. The highest BCUT2D eigenvalue weighted by atomic mass is 79.9. The molecule has 1 rings (SSSR count). The molecule has 88 valence electrons. The van der Waals surface area contributed by atoms with Crippen molar-refractivity contribution in [3.05, 3.63) is 27.2 Å². The van der Waals surface area contributed by atoms with E-state index in [-0.39, 0.29) is 10.6 Å². The number of ether oxygens (including phenoxy) is 1. The van der Waals surface area contributed by atoms with E-state index in [0.29, 0.717) is 10.2 Å². The van der Waals surface area contributed by atoms with E-state index in [4.69, 9.17) is 22.1 Å². The molecule has 0 saturated heterocycles. The van der Waals surface area contributed by atoms with Crippen LogP contribution in [0.4, 0.5) is 5.69 Å². The minimum absolute atomic E-state index is 0.200. The quantitative estimate of drug-likeness (QED) is 0.636. The molecule has 0 saturated carbocycles. The maximum absolute atomic E-state index is 11.8. The Bertz CT molecular complexity index is 427. The van der Waals surface area contributed by atoms with Crippen LogP contribution in [0.2, 0.25) is 5.02 Å². The van der Waals surface area contributed by atoms with Crippen LogP contribution in [0.15, 0.2) is 16.6 Å². The van der Waals surface area contributed by atoms with Crippen molar-refractivity contribution in [1.29, 1.82) is 0 Å². The number of nitrogen functional groups attached to an aromatic ring is 1. The number of benzene rings is 1. The first-order valence-electron chi connectivity index (χ1n) is 4.69. The molecule has 2 N–H and O–H groups in total. The largest absolute Gasteiger partial charge is 0.456 e. The minimum atomic E-state index is -0.574. The average Bonchev–Trinajstić information content (AvgIpc) is 2.09. The number of rotatable bonds is 1. The lowest BCUT2D eigenvalue weighted by Gasteiger charge is -2.20. The van der Waals surface area contributed by atoms with Gasteiger partial charge in [0.25, 0.3) is 0 Å². The van der Waals surface area contributed by atoms with Gasteiger partial charge < -0.3 is 10.5 Å². The van der Waals surface area contributed by atoms with E-state index in [1.807, 2.05) is 0 Å². The van der Waals surface area contributed by atoms with Crippen LogP contribution in [0, 0.1) is 0 Å². The first-order chi connectivity index (χ1) is 7.22. The topological polar surface area (TPSA) is 52.3 Å². The fourth-order valence-electron chi connectivity index (χ4n) is 1.10. The molecule has 1 aromatic rings. The van der Waals surface area contributed by atoms with E-state index in [1.165, 1.54) is 0 Å². The van der Waals surface area contributed by atoms with Gasteiger partial charge in [-0.25, -0.2) is 4.79 Å². The lowest BCUT2D eigenvalue weighted by Crippen LogP contribution is -2.24. The molecule has 0 aliphatic carbocycles. The molecule has 0 radical (unpaired) electrons. The molecule has 0 spiro atoms. The Morgan fingerprint density at radius 1 is 1.44 bits per heavy atom. The van der Waals surface area contributed by atoms with Crippen molar-refractivity contribution < 1.29 is 9.53 Å². The number of carbonyl (C=O) groups is 1. The molecule has 0 aliphatic rings. The highest BCUT2D eigenvalue weighted by Crippen LogP contribution is 2.31. The van der Waals surface area contributed by atoms with E-state index < -0.39 is 11.6 Å². The fraction of sp³-hybridized carbons (Fsp3) is 0.364. The molecule has 0 unspecified atom stereocenters. The molecule has 0 atom stereocenters. The van der Waals surface area contributed by atoms with Crippen molar-refractivity contribution in [3.8, 4) is 0 Å². The summed E-state index contributed by atoms with van der Waals surface area (Å²) in [6.07, 6.45) is 0. The summed E-state index contributed by atoms with van der Waals surface area (Å²) >= 11 is 9.16. The molecule has 0 bridgehead atoms.